The Hall–Kier alpha value is -1.82. The van der Waals surface area contributed by atoms with Gasteiger partial charge in [-0.1, -0.05) is 12.1 Å². The molecule has 1 aliphatic heterocycles. The van der Waals surface area contributed by atoms with E-state index in [2.05, 4.69) is 9.55 Å². The Balaban J connectivity index is 1.72. The van der Waals surface area contributed by atoms with E-state index >= 15 is 0 Å². The summed E-state index contributed by atoms with van der Waals surface area (Å²) in [5, 5.41) is 0. The average Bonchev–Trinajstić information content (AvgIpc) is 2.97. The quantitative estimate of drug-likeness (QED) is 0.868. The van der Waals surface area contributed by atoms with Crippen molar-refractivity contribution in [2.75, 3.05) is 17.2 Å². The van der Waals surface area contributed by atoms with E-state index in [0.29, 0.717) is 18.7 Å². The summed E-state index contributed by atoms with van der Waals surface area (Å²) in [7, 11) is -2.83. The third-order valence-corrected chi connectivity index (χ3v) is 5.74. The molecular weight excluding hydrogens is 286 g/mol. The third-order valence-electron chi connectivity index (χ3n) is 3.90. The van der Waals surface area contributed by atoms with Crippen molar-refractivity contribution in [2.24, 2.45) is 5.92 Å². The molecule has 6 heteroatoms. The highest BCUT2D eigenvalue weighted by atomic mass is 32.2. The molecule has 0 spiro atoms. The van der Waals surface area contributed by atoms with Gasteiger partial charge >= 0.3 is 0 Å². The zero-order valence-corrected chi connectivity index (χ0v) is 12.6. The maximum absolute atomic E-state index is 11.5. The predicted molar refractivity (Wildman–Crippen MR) is 82.6 cm³/mol. The van der Waals surface area contributed by atoms with Gasteiger partial charge in [0.15, 0.2) is 9.84 Å². The standard InChI is InChI=1S/C15H19N3O2S/c16-14-3-1-2-12(8-14)10-18-6-5-17-15(18)9-13-4-7-21(19,20)11-13/h1-3,5-6,8,13H,4,7,9-11,16H2. The normalized spacial score (nSPS) is 20.7. The summed E-state index contributed by atoms with van der Waals surface area (Å²) in [6.45, 7) is 0.708. The first kappa shape index (κ1) is 14.1. The van der Waals surface area contributed by atoms with Gasteiger partial charge in [-0.2, -0.15) is 0 Å². The smallest absolute Gasteiger partial charge is 0.150 e. The van der Waals surface area contributed by atoms with Crippen LogP contribution in [0.4, 0.5) is 5.69 Å². The van der Waals surface area contributed by atoms with E-state index < -0.39 is 9.84 Å². The number of anilines is 1. The number of hydrogen-bond donors (Lipinski definition) is 1. The molecule has 1 aromatic carbocycles. The molecule has 0 saturated carbocycles. The van der Waals surface area contributed by atoms with Crippen molar-refractivity contribution in [2.45, 2.75) is 19.4 Å². The number of nitrogens with two attached hydrogens (primary N) is 1. The van der Waals surface area contributed by atoms with Crippen molar-refractivity contribution >= 4 is 15.5 Å². The minimum Gasteiger partial charge on any atom is -0.399 e. The maximum atomic E-state index is 11.5. The molecule has 0 amide bonds. The van der Waals surface area contributed by atoms with Crippen LogP contribution in [0.5, 0.6) is 0 Å². The molecule has 112 valence electrons. The number of rotatable bonds is 4. The molecule has 1 aliphatic rings. The van der Waals surface area contributed by atoms with Gasteiger partial charge in [0.05, 0.1) is 11.5 Å². The molecule has 5 nitrogen and oxygen atoms in total. The Morgan fingerprint density at radius 2 is 2.24 bits per heavy atom. The van der Waals surface area contributed by atoms with E-state index in [-0.39, 0.29) is 11.7 Å². The van der Waals surface area contributed by atoms with Gasteiger partial charge in [0.25, 0.3) is 0 Å². The number of hydrogen-bond acceptors (Lipinski definition) is 4. The Bertz CT molecular complexity index is 737. The Morgan fingerprint density at radius 1 is 1.38 bits per heavy atom. The highest BCUT2D eigenvalue weighted by molar-refractivity contribution is 7.91. The lowest BCUT2D eigenvalue weighted by molar-refractivity contribution is 0.551. The minimum atomic E-state index is -2.83. The average molecular weight is 305 g/mol. The third kappa shape index (κ3) is 3.44. The van der Waals surface area contributed by atoms with E-state index in [1.54, 1.807) is 6.20 Å². The van der Waals surface area contributed by atoms with E-state index in [9.17, 15) is 8.42 Å². The number of nitrogen functional groups attached to an aromatic ring is 1. The number of aromatic nitrogens is 2. The fourth-order valence-corrected chi connectivity index (χ4v) is 4.72. The molecule has 3 rings (SSSR count). The van der Waals surface area contributed by atoms with Crippen LogP contribution in [-0.2, 0) is 22.8 Å². The number of imidazole rings is 1. The van der Waals surface area contributed by atoms with E-state index in [1.807, 2.05) is 30.5 Å². The van der Waals surface area contributed by atoms with Crippen LogP contribution in [0.3, 0.4) is 0 Å². The summed E-state index contributed by atoms with van der Waals surface area (Å²) in [5.41, 5.74) is 7.66. The summed E-state index contributed by atoms with van der Waals surface area (Å²) >= 11 is 0. The molecule has 2 aromatic rings. The molecule has 2 heterocycles. The maximum Gasteiger partial charge on any atom is 0.150 e. The van der Waals surface area contributed by atoms with E-state index in [0.717, 1.165) is 23.5 Å². The van der Waals surface area contributed by atoms with Gasteiger partial charge in [-0.15, -0.1) is 0 Å². The van der Waals surface area contributed by atoms with Gasteiger partial charge in [-0.25, -0.2) is 13.4 Å². The van der Waals surface area contributed by atoms with Crippen molar-refractivity contribution in [1.82, 2.24) is 9.55 Å². The zero-order chi connectivity index (χ0) is 14.9. The molecule has 0 radical (unpaired) electrons. The number of benzene rings is 1. The van der Waals surface area contributed by atoms with Gasteiger partial charge in [0.2, 0.25) is 0 Å². The molecule has 1 fully saturated rings. The second-order valence-corrected chi connectivity index (χ2v) is 7.92. The van der Waals surface area contributed by atoms with Crippen LogP contribution in [0.25, 0.3) is 0 Å². The van der Waals surface area contributed by atoms with Crippen LogP contribution in [0.2, 0.25) is 0 Å². The van der Waals surface area contributed by atoms with Gasteiger partial charge in [-0.05, 0) is 30.0 Å². The Labute approximate surface area is 124 Å². The Morgan fingerprint density at radius 3 is 2.95 bits per heavy atom. The first-order valence-corrected chi connectivity index (χ1v) is 8.89. The van der Waals surface area contributed by atoms with Crippen molar-refractivity contribution in [3.63, 3.8) is 0 Å². The summed E-state index contributed by atoms with van der Waals surface area (Å²) in [6.07, 6.45) is 5.16. The van der Waals surface area contributed by atoms with Crippen LogP contribution in [0, 0.1) is 5.92 Å². The summed E-state index contributed by atoms with van der Waals surface area (Å²) < 4.78 is 25.2. The molecule has 0 bridgehead atoms. The lowest BCUT2D eigenvalue weighted by Crippen LogP contribution is -2.12. The van der Waals surface area contributed by atoms with Gasteiger partial charge < -0.3 is 10.3 Å². The zero-order valence-electron chi connectivity index (χ0n) is 11.8. The molecule has 2 N–H and O–H groups in total. The fourth-order valence-electron chi connectivity index (χ4n) is 2.85. The summed E-state index contributed by atoms with van der Waals surface area (Å²) in [6, 6.07) is 7.77. The molecule has 1 atom stereocenters. The van der Waals surface area contributed by atoms with Crippen LogP contribution < -0.4 is 5.73 Å². The summed E-state index contributed by atoms with van der Waals surface area (Å²) in [4.78, 5) is 4.38. The van der Waals surface area contributed by atoms with Gasteiger partial charge in [-0.3, -0.25) is 0 Å². The first-order valence-electron chi connectivity index (χ1n) is 7.07. The second kappa shape index (κ2) is 5.52. The molecule has 1 saturated heterocycles. The molecule has 21 heavy (non-hydrogen) atoms. The van der Waals surface area contributed by atoms with Crippen LogP contribution in [0.1, 0.15) is 17.8 Å². The van der Waals surface area contributed by atoms with Gasteiger partial charge in [0, 0.05) is 31.0 Å². The fraction of sp³-hybridized carbons (Fsp3) is 0.400. The van der Waals surface area contributed by atoms with Crippen LogP contribution >= 0.6 is 0 Å². The van der Waals surface area contributed by atoms with Crippen molar-refractivity contribution in [1.29, 1.82) is 0 Å². The molecule has 1 aromatic heterocycles. The monoisotopic (exact) mass is 305 g/mol. The van der Waals surface area contributed by atoms with Gasteiger partial charge in [0.1, 0.15) is 5.82 Å². The van der Waals surface area contributed by atoms with E-state index in [1.165, 1.54) is 0 Å². The lowest BCUT2D eigenvalue weighted by atomic mass is 10.0. The number of sulfone groups is 1. The number of nitrogens with zero attached hydrogens (tertiary/aromatic N) is 2. The first-order chi connectivity index (χ1) is 10.0. The lowest BCUT2D eigenvalue weighted by Gasteiger charge is -2.11. The SMILES string of the molecule is Nc1cccc(Cn2ccnc2CC2CCS(=O)(=O)C2)c1. The molecular formula is C15H19N3O2S. The van der Waals surface area contributed by atoms with Crippen molar-refractivity contribution in [3.05, 3.63) is 48.0 Å². The Kier molecular flexibility index (Phi) is 3.71. The highest BCUT2D eigenvalue weighted by Gasteiger charge is 2.28. The van der Waals surface area contributed by atoms with Crippen LogP contribution in [-0.4, -0.2) is 29.5 Å². The highest BCUT2D eigenvalue weighted by Crippen LogP contribution is 2.22. The predicted octanol–water partition coefficient (Wildman–Crippen LogP) is 1.49. The molecule has 1 unspecified atom stereocenters. The topological polar surface area (TPSA) is 78.0 Å². The van der Waals surface area contributed by atoms with E-state index in [4.69, 9.17) is 5.73 Å². The van der Waals surface area contributed by atoms with Crippen molar-refractivity contribution in [3.8, 4) is 0 Å². The molecule has 0 aliphatic carbocycles. The van der Waals surface area contributed by atoms with Crippen molar-refractivity contribution < 1.29 is 8.42 Å². The minimum absolute atomic E-state index is 0.192. The summed E-state index contributed by atoms with van der Waals surface area (Å²) in [5.74, 6) is 1.74. The van der Waals surface area contributed by atoms with Crippen LogP contribution in [0.15, 0.2) is 36.7 Å². The largest absolute Gasteiger partial charge is 0.399 e. The second-order valence-electron chi connectivity index (χ2n) is 5.69.